The first-order chi connectivity index (χ1) is 20.7. The van der Waals surface area contributed by atoms with Crippen molar-refractivity contribution < 1.29 is 9.31 Å². The van der Waals surface area contributed by atoms with Gasteiger partial charge in [-0.2, -0.15) is 0 Å². The van der Waals surface area contributed by atoms with E-state index in [1.807, 2.05) is 51.1 Å². The maximum Gasteiger partial charge on any atom is 0.494 e. The summed E-state index contributed by atoms with van der Waals surface area (Å²) >= 11 is 0. The van der Waals surface area contributed by atoms with Crippen molar-refractivity contribution in [2.75, 3.05) is 9.80 Å². The molecule has 0 unspecified atom stereocenters. The third kappa shape index (κ3) is 7.48. The van der Waals surface area contributed by atoms with Gasteiger partial charge in [0.15, 0.2) is 0 Å². The first-order valence-corrected chi connectivity index (χ1v) is 15.1. The predicted molar refractivity (Wildman–Crippen MR) is 188 cm³/mol. The van der Waals surface area contributed by atoms with E-state index in [2.05, 4.69) is 136 Å². The number of rotatable bonds is 10. The Labute approximate surface area is 260 Å². The van der Waals surface area contributed by atoms with Gasteiger partial charge in [0.25, 0.3) is 0 Å². The van der Waals surface area contributed by atoms with Gasteiger partial charge in [-0.05, 0) is 114 Å². The maximum absolute atomic E-state index is 6.28. The van der Waals surface area contributed by atoms with Crippen LogP contribution < -0.4 is 15.3 Å². The standard InChI is InChI=1S/C36H41BN2O2.C2H6/c1-9-16-29(11-3)38(31-18-14-13-15-19-31)33-24-26-34(27-25-33)39(30(12-4)17-10-2)32-22-20-28(21-23-32)37-40-35(5,6)36(7,8)41-37;1-2/h9-27H,1,3H2,2,4-8H3;1-2H3/b17-10-,29-16+,30-12+;. The van der Waals surface area contributed by atoms with Crippen molar-refractivity contribution in [3.05, 3.63) is 140 Å². The Balaban J connectivity index is 0.00000248. The fourth-order valence-corrected chi connectivity index (χ4v) is 4.81. The summed E-state index contributed by atoms with van der Waals surface area (Å²) in [6.07, 6.45) is 11.9. The molecule has 0 radical (unpaired) electrons. The van der Waals surface area contributed by atoms with E-state index in [0.29, 0.717) is 0 Å². The molecular formula is C38H47BN2O2. The van der Waals surface area contributed by atoms with Crippen LogP contribution in [0.2, 0.25) is 0 Å². The van der Waals surface area contributed by atoms with Gasteiger partial charge in [-0.3, -0.25) is 0 Å². The molecule has 0 N–H and O–H groups in total. The summed E-state index contributed by atoms with van der Waals surface area (Å²) in [4.78, 5) is 4.42. The van der Waals surface area contributed by atoms with Crippen LogP contribution in [0.15, 0.2) is 140 Å². The number of hydrogen-bond acceptors (Lipinski definition) is 4. The molecule has 0 aromatic heterocycles. The molecule has 0 atom stereocenters. The molecule has 4 rings (SSSR count). The van der Waals surface area contributed by atoms with Crippen LogP contribution in [0.5, 0.6) is 0 Å². The summed E-state index contributed by atoms with van der Waals surface area (Å²) in [6.45, 7) is 24.3. The molecule has 3 aromatic carbocycles. The summed E-state index contributed by atoms with van der Waals surface area (Å²) < 4.78 is 12.6. The fraction of sp³-hybridized carbons (Fsp3) is 0.263. The topological polar surface area (TPSA) is 24.9 Å². The first-order valence-electron chi connectivity index (χ1n) is 15.1. The van der Waals surface area contributed by atoms with Crippen molar-refractivity contribution in [3.8, 4) is 0 Å². The summed E-state index contributed by atoms with van der Waals surface area (Å²) in [6, 6.07) is 27.3. The number of hydrogen-bond donors (Lipinski definition) is 0. The van der Waals surface area contributed by atoms with Gasteiger partial charge in [-0.1, -0.05) is 75.6 Å². The Morgan fingerprint density at radius 2 is 1.12 bits per heavy atom. The van der Waals surface area contributed by atoms with E-state index in [0.717, 1.165) is 39.6 Å². The molecular weight excluding hydrogens is 527 g/mol. The molecule has 224 valence electrons. The van der Waals surface area contributed by atoms with Crippen LogP contribution in [-0.4, -0.2) is 18.3 Å². The summed E-state index contributed by atoms with van der Waals surface area (Å²) in [5.74, 6) is 0. The SMILES string of the molecule is C=C/C=C(\C=C)N(c1ccccc1)c1ccc(N(C(/C=C\C)=C/C)c2ccc(B3OC(C)(C)C(C)(C)O3)cc2)cc1.CC. The van der Waals surface area contributed by atoms with Crippen LogP contribution in [0.4, 0.5) is 22.7 Å². The molecule has 1 aliphatic heterocycles. The number of anilines is 4. The van der Waals surface area contributed by atoms with Gasteiger partial charge in [0.1, 0.15) is 0 Å². The Hall–Kier alpha value is -4.06. The van der Waals surface area contributed by atoms with Gasteiger partial charge in [-0.15, -0.1) is 0 Å². The Morgan fingerprint density at radius 3 is 1.53 bits per heavy atom. The van der Waals surface area contributed by atoms with Crippen LogP contribution in [-0.2, 0) is 9.31 Å². The highest BCUT2D eigenvalue weighted by atomic mass is 16.7. The molecule has 0 saturated carbocycles. The monoisotopic (exact) mass is 574 g/mol. The molecule has 0 bridgehead atoms. The molecule has 3 aromatic rings. The quantitative estimate of drug-likeness (QED) is 0.178. The highest BCUT2D eigenvalue weighted by molar-refractivity contribution is 6.62. The van der Waals surface area contributed by atoms with E-state index in [4.69, 9.17) is 9.31 Å². The second-order valence-electron chi connectivity index (χ2n) is 10.9. The second-order valence-corrected chi connectivity index (χ2v) is 10.9. The van der Waals surface area contributed by atoms with Crippen molar-refractivity contribution in [1.82, 2.24) is 0 Å². The van der Waals surface area contributed by atoms with Crippen LogP contribution in [0, 0.1) is 0 Å². The van der Waals surface area contributed by atoms with Crippen LogP contribution >= 0.6 is 0 Å². The Kier molecular flexibility index (Phi) is 11.6. The zero-order valence-electron chi connectivity index (χ0n) is 27.2. The third-order valence-electron chi connectivity index (χ3n) is 7.70. The normalized spacial score (nSPS) is 16.0. The van der Waals surface area contributed by atoms with Crippen molar-refractivity contribution >= 4 is 35.3 Å². The summed E-state index contributed by atoms with van der Waals surface area (Å²) in [5, 5.41) is 0. The van der Waals surface area contributed by atoms with Crippen molar-refractivity contribution in [1.29, 1.82) is 0 Å². The first kappa shape index (κ1) is 33.4. The lowest BCUT2D eigenvalue weighted by molar-refractivity contribution is 0.00578. The molecule has 1 saturated heterocycles. The number of benzene rings is 3. The minimum absolute atomic E-state index is 0.381. The van der Waals surface area contributed by atoms with Gasteiger partial charge >= 0.3 is 7.12 Å². The van der Waals surface area contributed by atoms with E-state index in [1.165, 1.54) is 0 Å². The molecule has 0 amide bonds. The molecule has 1 heterocycles. The smallest absolute Gasteiger partial charge is 0.399 e. The number of allylic oxidation sites excluding steroid dienone is 6. The Morgan fingerprint density at radius 1 is 0.674 bits per heavy atom. The van der Waals surface area contributed by atoms with Gasteiger partial charge in [0, 0.05) is 34.1 Å². The van der Waals surface area contributed by atoms with Gasteiger partial charge in [0.2, 0.25) is 0 Å². The molecule has 0 aliphatic carbocycles. The third-order valence-corrected chi connectivity index (χ3v) is 7.70. The second kappa shape index (κ2) is 14.9. The lowest BCUT2D eigenvalue weighted by atomic mass is 9.79. The van der Waals surface area contributed by atoms with E-state index < -0.39 is 7.12 Å². The largest absolute Gasteiger partial charge is 0.494 e. The van der Waals surface area contributed by atoms with Gasteiger partial charge < -0.3 is 19.1 Å². The van der Waals surface area contributed by atoms with E-state index in [9.17, 15) is 0 Å². The summed E-state index contributed by atoms with van der Waals surface area (Å²) in [5.41, 5.74) is 6.41. The summed E-state index contributed by atoms with van der Waals surface area (Å²) in [7, 11) is -0.398. The van der Waals surface area contributed by atoms with Gasteiger partial charge in [-0.25, -0.2) is 0 Å². The highest BCUT2D eigenvalue weighted by Gasteiger charge is 2.51. The highest BCUT2D eigenvalue weighted by Crippen LogP contribution is 2.38. The number of para-hydroxylation sites is 1. The molecule has 0 spiro atoms. The van der Waals surface area contributed by atoms with Crippen LogP contribution in [0.1, 0.15) is 55.4 Å². The molecule has 4 nitrogen and oxygen atoms in total. The van der Waals surface area contributed by atoms with Crippen molar-refractivity contribution in [2.24, 2.45) is 0 Å². The average molecular weight is 575 g/mol. The van der Waals surface area contributed by atoms with Crippen LogP contribution in [0.3, 0.4) is 0 Å². The molecule has 1 fully saturated rings. The molecule has 5 heteroatoms. The Bertz CT molecular complexity index is 1420. The minimum Gasteiger partial charge on any atom is -0.399 e. The van der Waals surface area contributed by atoms with E-state index in [1.54, 1.807) is 6.08 Å². The lowest BCUT2D eigenvalue weighted by Gasteiger charge is -2.32. The van der Waals surface area contributed by atoms with Gasteiger partial charge in [0.05, 0.1) is 11.2 Å². The number of nitrogens with zero attached hydrogens (tertiary/aromatic N) is 2. The average Bonchev–Trinajstić information content (AvgIpc) is 3.25. The molecule has 43 heavy (non-hydrogen) atoms. The zero-order valence-corrected chi connectivity index (χ0v) is 27.2. The maximum atomic E-state index is 6.28. The fourth-order valence-electron chi connectivity index (χ4n) is 4.81. The lowest BCUT2D eigenvalue weighted by Crippen LogP contribution is -2.41. The van der Waals surface area contributed by atoms with Crippen LogP contribution in [0.25, 0.3) is 0 Å². The molecule has 1 aliphatic rings. The predicted octanol–water partition coefficient (Wildman–Crippen LogP) is 10.0. The van der Waals surface area contributed by atoms with Crippen molar-refractivity contribution in [2.45, 2.75) is 66.6 Å². The van der Waals surface area contributed by atoms with E-state index >= 15 is 0 Å². The van der Waals surface area contributed by atoms with Crippen molar-refractivity contribution in [3.63, 3.8) is 0 Å². The minimum atomic E-state index is -0.398. The zero-order chi connectivity index (χ0) is 31.6. The van der Waals surface area contributed by atoms with E-state index in [-0.39, 0.29) is 11.2 Å².